The van der Waals surface area contributed by atoms with E-state index < -0.39 is 57.9 Å². The van der Waals surface area contributed by atoms with Crippen molar-refractivity contribution in [1.29, 1.82) is 5.41 Å². The lowest BCUT2D eigenvalue weighted by Crippen LogP contribution is -2.54. The van der Waals surface area contributed by atoms with Crippen LogP contribution in [0.3, 0.4) is 0 Å². The Kier molecular flexibility index (Phi) is 9.93. The number of carbonyl (C=O) groups excluding carboxylic acids is 3. The molecule has 0 bridgehead atoms. The zero-order valence-corrected chi connectivity index (χ0v) is 22.3. The number of ether oxygens (including phenoxy) is 1. The number of nitrogens with one attached hydrogen (secondary N) is 4. The second-order valence-electron chi connectivity index (χ2n) is 8.96. The molecule has 3 atom stereocenters. The lowest BCUT2D eigenvalue weighted by molar-refractivity contribution is -0.142. The highest BCUT2D eigenvalue weighted by Crippen LogP contribution is 2.26. The number of hydrogen-bond donors (Lipinski definition) is 6. The number of benzene rings is 2. The van der Waals surface area contributed by atoms with Gasteiger partial charge >= 0.3 is 5.97 Å². The molecule has 40 heavy (non-hydrogen) atoms. The van der Waals surface area contributed by atoms with Gasteiger partial charge in [-0.1, -0.05) is 30.3 Å². The van der Waals surface area contributed by atoms with E-state index in [1.807, 2.05) is 0 Å². The van der Waals surface area contributed by atoms with Gasteiger partial charge in [-0.3, -0.25) is 25.1 Å². The standard InChI is InChI=1S/C25H30N6O8S/c1-15-22(31(14-39-15)40(37,38)18-5-3-2-4-6-18)23(34)29-19(24(35)36)13-16-7-9-17(10-8-16)28-20(32)11-12-21(33)30-25(26)27/h2-10,15,19,22H,11-14H2,1H3,(H,28,32)(H,29,34)(H,35,36)(H4,26,27,30,33)/t15?,19-,22-/m0/s1. The molecule has 1 aliphatic rings. The monoisotopic (exact) mass is 574 g/mol. The normalized spacial score (nSPS) is 17.9. The molecule has 0 spiro atoms. The summed E-state index contributed by atoms with van der Waals surface area (Å²) in [6.45, 7) is 1.17. The van der Waals surface area contributed by atoms with Crippen molar-refractivity contribution < 1.29 is 37.4 Å². The van der Waals surface area contributed by atoms with Crippen molar-refractivity contribution in [2.75, 3.05) is 12.0 Å². The third-order valence-corrected chi connectivity index (χ3v) is 7.80. The van der Waals surface area contributed by atoms with Gasteiger partial charge < -0.3 is 26.2 Å². The van der Waals surface area contributed by atoms with Crippen LogP contribution in [0.2, 0.25) is 0 Å². The van der Waals surface area contributed by atoms with Gasteiger partial charge in [-0.2, -0.15) is 4.31 Å². The Morgan fingerprint density at radius 2 is 1.70 bits per heavy atom. The fourth-order valence-corrected chi connectivity index (χ4v) is 5.51. The Bertz CT molecular complexity index is 1370. The number of carboxylic acids is 1. The Hall–Kier alpha value is -4.34. The molecule has 3 rings (SSSR count). The summed E-state index contributed by atoms with van der Waals surface area (Å²) in [7, 11) is -4.08. The van der Waals surface area contributed by atoms with Crippen LogP contribution in [0.25, 0.3) is 0 Å². The molecule has 1 saturated heterocycles. The van der Waals surface area contributed by atoms with Gasteiger partial charge in [0.1, 0.15) is 18.8 Å². The average molecular weight is 575 g/mol. The van der Waals surface area contributed by atoms with Crippen LogP contribution < -0.4 is 21.7 Å². The first-order chi connectivity index (χ1) is 18.9. The first-order valence-electron chi connectivity index (χ1n) is 12.1. The second-order valence-corrected chi connectivity index (χ2v) is 10.9. The maximum atomic E-state index is 13.1. The Labute approximate surface area is 230 Å². The van der Waals surface area contributed by atoms with E-state index in [1.165, 1.54) is 31.2 Å². The van der Waals surface area contributed by atoms with Crippen LogP contribution in [0.4, 0.5) is 5.69 Å². The molecule has 0 aliphatic carbocycles. The Morgan fingerprint density at radius 1 is 1.07 bits per heavy atom. The quantitative estimate of drug-likeness (QED) is 0.156. The number of rotatable bonds is 11. The van der Waals surface area contributed by atoms with E-state index in [-0.39, 0.29) is 30.9 Å². The largest absolute Gasteiger partial charge is 0.480 e. The molecule has 214 valence electrons. The number of amides is 3. The summed E-state index contributed by atoms with van der Waals surface area (Å²) in [5, 5.41) is 23.8. The summed E-state index contributed by atoms with van der Waals surface area (Å²) in [5.41, 5.74) is 5.98. The van der Waals surface area contributed by atoms with Crippen LogP contribution in [0, 0.1) is 5.41 Å². The van der Waals surface area contributed by atoms with Gasteiger partial charge in [0.15, 0.2) is 5.96 Å². The van der Waals surface area contributed by atoms with Crippen molar-refractivity contribution in [1.82, 2.24) is 14.9 Å². The van der Waals surface area contributed by atoms with E-state index in [0.29, 0.717) is 11.3 Å². The zero-order valence-electron chi connectivity index (χ0n) is 21.5. The number of guanidine groups is 1. The molecule has 2 aromatic rings. The predicted molar refractivity (Wildman–Crippen MR) is 142 cm³/mol. The summed E-state index contributed by atoms with van der Waals surface area (Å²) in [5.74, 6) is -3.67. The van der Waals surface area contributed by atoms with Gasteiger partial charge in [-0.25, -0.2) is 13.2 Å². The average Bonchev–Trinajstić information content (AvgIpc) is 3.30. The Balaban J connectivity index is 1.63. The molecule has 1 unspecified atom stereocenters. The van der Waals surface area contributed by atoms with E-state index in [4.69, 9.17) is 15.9 Å². The van der Waals surface area contributed by atoms with Crippen molar-refractivity contribution >= 4 is 45.4 Å². The van der Waals surface area contributed by atoms with Crippen molar-refractivity contribution in [3.8, 4) is 0 Å². The second kappa shape index (κ2) is 13.1. The number of anilines is 1. The maximum absolute atomic E-state index is 13.1. The smallest absolute Gasteiger partial charge is 0.326 e. The van der Waals surface area contributed by atoms with Crippen LogP contribution in [0.5, 0.6) is 0 Å². The molecule has 1 aliphatic heterocycles. The van der Waals surface area contributed by atoms with Gasteiger partial charge in [0.05, 0.1) is 11.0 Å². The summed E-state index contributed by atoms with van der Waals surface area (Å²) in [4.78, 5) is 48.6. The number of carbonyl (C=O) groups is 4. The first kappa shape index (κ1) is 30.2. The SMILES string of the molecule is CC1OCN(S(=O)(=O)c2ccccc2)[C@@H]1C(=O)N[C@@H](Cc1ccc(NC(=O)CCC(=O)NC(=N)N)cc1)C(=O)O. The summed E-state index contributed by atoms with van der Waals surface area (Å²) >= 11 is 0. The number of nitrogens with zero attached hydrogens (tertiary/aromatic N) is 1. The highest BCUT2D eigenvalue weighted by molar-refractivity contribution is 7.89. The number of hydrogen-bond acceptors (Lipinski definition) is 8. The number of nitrogens with two attached hydrogens (primary N) is 1. The van der Waals surface area contributed by atoms with E-state index in [1.54, 1.807) is 30.3 Å². The van der Waals surface area contributed by atoms with Crippen molar-refractivity contribution in [3.05, 3.63) is 60.2 Å². The van der Waals surface area contributed by atoms with Crippen molar-refractivity contribution in [3.63, 3.8) is 0 Å². The molecule has 1 fully saturated rings. The lowest BCUT2D eigenvalue weighted by Gasteiger charge is -2.25. The molecule has 1 heterocycles. The van der Waals surface area contributed by atoms with Crippen LogP contribution in [0.1, 0.15) is 25.3 Å². The third-order valence-electron chi connectivity index (χ3n) is 5.98. The van der Waals surface area contributed by atoms with E-state index >= 15 is 0 Å². The van der Waals surface area contributed by atoms with E-state index in [0.717, 1.165) is 4.31 Å². The molecular weight excluding hydrogens is 544 g/mol. The van der Waals surface area contributed by atoms with Gasteiger partial charge in [-0.05, 0) is 36.8 Å². The molecular formula is C25H30N6O8S. The van der Waals surface area contributed by atoms with Gasteiger partial charge in [0.2, 0.25) is 27.7 Å². The van der Waals surface area contributed by atoms with Crippen LogP contribution >= 0.6 is 0 Å². The summed E-state index contributed by atoms with van der Waals surface area (Å²) < 4.78 is 32.6. The molecule has 2 aromatic carbocycles. The van der Waals surface area contributed by atoms with Crippen LogP contribution in [-0.2, 0) is 40.4 Å². The van der Waals surface area contributed by atoms with Gasteiger partial charge in [0.25, 0.3) is 0 Å². The fourth-order valence-electron chi connectivity index (χ4n) is 3.97. The number of carboxylic acid groups (broad SMARTS) is 1. The van der Waals surface area contributed by atoms with Gasteiger partial charge in [-0.15, -0.1) is 0 Å². The summed E-state index contributed by atoms with van der Waals surface area (Å²) in [6.07, 6.45) is -1.25. The molecule has 14 nitrogen and oxygen atoms in total. The Morgan fingerprint density at radius 3 is 2.30 bits per heavy atom. The molecule has 0 aromatic heterocycles. The lowest BCUT2D eigenvalue weighted by atomic mass is 10.0. The molecule has 0 radical (unpaired) electrons. The first-order valence-corrected chi connectivity index (χ1v) is 13.6. The van der Waals surface area contributed by atoms with Crippen LogP contribution in [0.15, 0.2) is 59.5 Å². The number of aliphatic carboxylic acids is 1. The van der Waals surface area contributed by atoms with Crippen LogP contribution in [-0.4, -0.2) is 72.4 Å². The molecule has 7 N–H and O–H groups in total. The highest BCUT2D eigenvalue weighted by Gasteiger charge is 2.45. The van der Waals surface area contributed by atoms with Gasteiger partial charge in [0, 0.05) is 24.9 Å². The molecule has 15 heteroatoms. The maximum Gasteiger partial charge on any atom is 0.326 e. The summed E-state index contributed by atoms with van der Waals surface area (Å²) in [6, 6.07) is 11.1. The number of sulfonamides is 1. The molecule has 3 amide bonds. The van der Waals surface area contributed by atoms with E-state index in [9.17, 15) is 32.7 Å². The minimum Gasteiger partial charge on any atom is -0.480 e. The van der Waals surface area contributed by atoms with Crippen molar-refractivity contribution in [2.45, 2.75) is 49.3 Å². The predicted octanol–water partition coefficient (Wildman–Crippen LogP) is -0.0374. The topological polar surface area (TPSA) is 221 Å². The van der Waals surface area contributed by atoms with Crippen molar-refractivity contribution in [2.24, 2.45) is 5.73 Å². The minimum absolute atomic E-state index is 0.0215. The highest BCUT2D eigenvalue weighted by atomic mass is 32.2. The van der Waals surface area contributed by atoms with E-state index in [2.05, 4.69) is 16.0 Å². The minimum atomic E-state index is -4.08. The molecule has 0 saturated carbocycles. The zero-order chi connectivity index (χ0) is 29.4. The third kappa shape index (κ3) is 7.84. The fraction of sp³-hybridized carbons (Fsp3) is 0.320.